The molecule has 0 saturated carbocycles. The molecule has 0 radical (unpaired) electrons. The van der Waals surface area contributed by atoms with Crippen LogP contribution in [0.15, 0.2) is 41.8 Å². The number of piperazine rings is 1. The van der Waals surface area contributed by atoms with Gasteiger partial charge in [0.25, 0.3) is 5.91 Å². The molecule has 1 aliphatic heterocycles. The minimum absolute atomic E-state index is 0.0772. The number of fused-ring (bicyclic) bond motifs is 1. The Hall–Kier alpha value is -3.11. The average Bonchev–Trinajstić information content (AvgIpc) is 3.33. The fraction of sp³-hybridized carbons (Fsp3) is 0.348. The van der Waals surface area contributed by atoms with Crippen LogP contribution in [0.4, 0.5) is 5.69 Å². The molecule has 3 aromatic rings. The summed E-state index contributed by atoms with van der Waals surface area (Å²) < 4.78 is 5.89. The van der Waals surface area contributed by atoms with Crippen molar-refractivity contribution in [2.75, 3.05) is 37.7 Å². The van der Waals surface area contributed by atoms with Gasteiger partial charge in [0.2, 0.25) is 5.88 Å². The Morgan fingerprint density at radius 3 is 2.70 bits per heavy atom. The van der Waals surface area contributed by atoms with Crippen LogP contribution in [0.3, 0.4) is 0 Å². The number of pyridine rings is 1. The maximum Gasteiger partial charge on any atom is 0.264 e. The number of carbonyl (C=O) groups is 1. The number of para-hydroxylation sites is 1. The zero-order valence-electron chi connectivity index (χ0n) is 17.0. The summed E-state index contributed by atoms with van der Waals surface area (Å²) in [5.74, 6) is 0.477. The number of hydrogen-bond acceptors (Lipinski definition) is 6. The predicted octanol–water partition coefficient (Wildman–Crippen LogP) is 4.31. The van der Waals surface area contributed by atoms with Gasteiger partial charge in [-0.05, 0) is 23.9 Å². The molecule has 1 fully saturated rings. The average molecular weight is 421 g/mol. The van der Waals surface area contributed by atoms with Crippen molar-refractivity contribution in [1.29, 1.82) is 5.26 Å². The molecule has 3 heterocycles. The van der Waals surface area contributed by atoms with E-state index in [0.717, 1.165) is 34.3 Å². The van der Waals surface area contributed by atoms with E-state index in [0.29, 0.717) is 44.2 Å². The highest BCUT2D eigenvalue weighted by molar-refractivity contribution is 7.12. The van der Waals surface area contributed by atoms with Crippen LogP contribution in [-0.4, -0.2) is 48.6 Å². The molecule has 1 aliphatic rings. The maximum atomic E-state index is 12.7. The second kappa shape index (κ2) is 9.14. The fourth-order valence-electron chi connectivity index (χ4n) is 3.71. The Bertz CT molecular complexity index is 1070. The van der Waals surface area contributed by atoms with Gasteiger partial charge in [0.05, 0.1) is 22.7 Å². The number of ether oxygens (including phenoxy) is 1. The third-order valence-electron chi connectivity index (χ3n) is 5.30. The molecule has 6 nitrogen and oxygen atoms in total. The largest absolute Gasteiger partial charge is 0.477 e. The fourth-order valence-corrected chi connectivity index (χ4v) is 4.40. The number of hydrogen-bond donors (Lipinski definition) is 0. The van der Waals surface area contributed by atoms with Gasteiger partial charge in [-0.25, -0.2) is 4.98 Å². The monoisotopic (exact) mass is 420 g/mol. The molecule has 0 atom stereocenters. The predicted molar refractivity (Wildman–Crippen MR) is 119 cm³/mol. The van der Waals surface area contributed by atoms with E-state index in [1.807, 2.05) is 46.7 Å². The van der Waals surface area contributed by atoms with Gasteiger partial charge in [-0.3, -0.25) is 4.79 Å². The van der Waals surface area contributed by atoms with Crippen molar-refractivity contribution in [1.82, 2.24) is 9.88 Å². The van der Waals surface area contributed by atoms with Crippen LogP contribution in [0.2, 0.25) is 0 Å². The van der Waals surface area contributed by atoms with E-state index in [1.165, 1.54) is 11.3 Å². The molecule has 1 saturated heterocycles. The Labute approximate surface area is 180 Å². The highest BCUT2D eigenvalue weighted by Crippen LogP contribution is 2.35. The topological polar surface area (TPSA) is 69.5 Å². The molecule has 154 valence electrons. The molecule has 0 aliphatic carbocycles. The molecule has 1 amide bonds. The molecule has 7 heteroatoms. The standard InChI is InChI=1S/C23H24N4O2S/c1-2-3-14-29-22-18(16-24)21(17-7-4-5-8-19(17)25-22)26-10-12-27(13-11-26)23(28)20-9-6-15-30-20/h4-9,15H,2-3,10-14H2,1H3. The van der Waals surface area contributed by atoms with Crippen LogP contribution in [0, 0.1) is 11.3 Å². The number of unbranched alkanes of at least 4 members (excludes halogenated alkanes) is 1. The number of aromatic nitrogens is 1. The van der Waals surface area contributed by atoms with E-state index in [9.17, 15) is 10.1 Å². The summed E-state index contributed by atoms with van der Waals surface area (Å²) >= 11 is 1.47. The van der Waals surface area contributed by atoms with Crippen molar-refractivity contribution >= 4 is 33.8 Å². The number of amides is 1. The number of carbonyl (C=O) groups excluding carboxylic acids is 1. The summed E-state index contributed by atoms with van der Waals surface area (Å²) in [6.45, 7) is 5.20. The Balaban J connectivity index is 1.63. The van der Waals surface area contributed by atoms with Gasteiger partial charge in [-0.15, -0.1) is 11.3 Å². The minimum atomic E-state index is 0.0772. The molecule has 0 N–H and O–H groups in total. The molecular formula is C23H24N4O2S. The third kappa shape index (κ3) is 3.96. The van der Waals surface area contributed by atoms with Crippen LogP contribution in [-0.2, 0) is 0 Å². The lowest BCUT2D eigenvalue weighted by Gasteiger charge is -2.37. The van der Waals surface area contributed by atoms with Gasteiger partial charge in [0.1, 0.15) is 11.6 Å². The number of rotatable bonds is 6. The first-order chi connectivity index (χ1) is 14.7. The van der Waals surface area contributed by atoms with Crippen molar-refractivity contribution in [3.63, 3.8) is 0 Å². The van der Waals surface area contributed by atoms with E-state index in [1.54, 1.807) is 0 Å². The van der Waals surface area contributed by atoms with Gasteiger partial charge >= 0.3 is 0 Å². The van der Waals surface area contributed by atoms with Crippen LogP contribution in [0.5, 0.6) is 5.88 Å². The molecule has 4 rings (SSSR count). The summed E-state index contributed by atoms with van der Waals surface area (Å²) in [7, 11) is 0. The Kier molecular flexibility index (Phi) is 6.15. The zero-order chi connectivity index (χ0) is 20.9. The lowest BCUT2D eigenvalue weighted by atomic mass is 10.1. The third-order valence-corrected chi connectivity index (χ3v) is 6.15. The number of anilines is 1. The quantitative estimate of drug-likeness (QED) is 0.556. The van der Waals surface area contributed by atoms with Gasteiger partial charge < -0.3 is 14.5 Å². The molecule has 1 aromatic carbocycles. The molecular weight excluding hydrogens is 396 g/mol. The first-order valence-electron chi connectivity index (χ1n) is 10.3. The van der Waals surface area contributed by atoms with E-state index in [-0.39, 0.29) is 5.91 Å². The summed E-state index contributed by atoms with van der Waals surface area (Å²) in [4.78, 5) is 22.1. The molecule has 30 heavy (non-hydrogen) atoms. The molecule has 0 spiro atoms. The summed E-state index contributed by atoms with van der Waals surface area (Å²) in [6.07, 6.45) is 1.93. The first-order valence-corrected chi connectivity index (χ1v) is 11.1. The molecule has 0 unspecified atom stereocenters. The number of thiophene rings is 1. The SMILES string of the molecule is CCCCOc1nc2ccccc2c(N2CCN(C(=O)c3cccs3)CC2)c1C#N. The number of benzene rings is 1. The van der Waals surface area contributed by atoms with Crippen molar-refractivity contribution in [3.8, 4) is 11.9 Å². The van der Waals surface area contributed by atoms with Crippen molar-refractivity contribution in [2.45, 2.75) is 19.8 Å². The highest BCUT2D eigenvalue weighted by atomic mass is 32.1. The van der Waals surface area contributed by atoms with Crippen LogP contribution < -0.4 is 9.64 Å². The second-order valence-corrected chi connectivity index (χ2v) is 8.18. The lowest BCUT2D eigenvalue weighted by Crippen LogP contribution is -2.49. The molecule has 2 aromatic heterocycles. The van der Waals surface area contributed by atoms with Crippen molar-refractivity contribution in [2.24, 2.45) is 0 Å². The molecule has 0 bridgehead atoms. The minimum Gasteiger partial charge on any atom is -0.477 e. The smallest absolute Gasteiger partial charge is 0.264 e. The maximum absolute atomic E-state index is 12.7. The van der Waals surface area contributed by atoms with Gasteiger partial charge in [-0.1, -0.05) is 37.6 Å². The lowest BCUT2D eigenvalue weighted by molar-refractivity contribution is 0.0751. The number of nitriles is 1. The Morgan fingerprint density at radius 1 is 1.20 bits per heavy atom. The van der Waals surface area contributed by atoms with E-state index in [4.69, 9.17) is 4.74 Å². The zero-order valence-corrected chi connectivity index (χ0v) is 17.8. The van der Waals surface area contributed by atoms with Gasteiger partial charge in [-0.2, -0.15) is 5.26 Å². The summed E-state index contributed by atoms with van der Waals surface area (Å²) in [6, 6.07) is 13.9. The van der Waals surface area contributed by atoms with Crippen LogP contribution >= 0.6 is 11.3 Å². The van der Waals surface area contributed by atoms with E-state index in [2.05, 4.69) is 22.9 Å². The highest BCUT2D eigenvalue weighted by Gasteiger charge is 2.27. The van der Waals surface area contributed by atoms with E-state index < -0.39 is 0 Å². The van der Waals surface area contributed by atoms with Crippen LogP contribution in [0.1, 0.15) is 35.0 Å². The summed E-state index contributed by atoms with van der Waals surface area (Å²) in [5.41, 5.74) is 2.15. The van der Waals surface area contributed by atoms with Crippen LogP contribution in [0.25, 0.3) is 10.9 Å². The first kappa shape index (κ1) is 20.2. The second-order valence-electron chi connectivity index (χ2n) is 7.23. The van der Waals surface area contributed by atoms with Crippen molar-refractivity contribution < 1.29 is 9.53 Å². The normalized spacial score (nSPS) is 14.0. The summed E-state index contributed by atoms with van der Waals surface area (Å²) in [5, 5.41) is 12.8. The van der Waals surface area contributed by atoms with Gasteiger partial charge in [0, 0.05) is 31.6 Å². The number of nitrogens with zero attached hydrogens (tertiary/aromatic N) is 4. The Morgan fingerprint density at radius 2 is 2.00 bits per heavy atom. The van der Waals surface area contributed by atoms with Gasteiger partial charge in [0.15, 0.2) is 0 Å². The van der Waals surface area contributed by atoms with E-state index >= 15 is 0 Å². The van der Waals surface area contributed by atoms with Crippen molar-refractivity contribution in [3.05, 3.63) is 52.2 Å².